The number of aliphatic hydroxyl groups is 1. The van der Waals surface area contributed by atoms with Crippen molar-refractivity contribution >= 4 is 10.0 Å². The number of hydrogen-bond donors (Lipinski definition) is 5. The number of likely N-dealkylation sites (N-methyl/N-ethyl adjacent to an activating group) is 1. The van der Waals surface area contributed by atoms with Crippen LogP contribution in [0.4, 0.5) is 0 Å². The third kappa shape index (κ3) is 5.55. The average Bonchev–Trinajstić information content (AvgIpc) is 3.43. The predicted molar refractivity (Wildman–Crippen MR) is 124 cm³/mol. The van der Waals surface area contributed by atoms with E-state index in [0.29, 0.717) is 25.4 Å². The standard InChI is InChI=1S/C21H42N6O5S/c1-26-20-15(10-23-26)5-4-6-18(20)25-33(29,30)17-11-24-27(12-17)19-9-16(7-8-22-19)21(28,13-31-2)14-32-3/h15-20,22-25,28H,4-14H2,1-3H3. The Morgan fingerprint density at radius 3 is 2.61 bits per heavy atom. The first-order chi connectivity index (χ1) is 15.8. The molecule has 12 heteroatoms. The Bertz CT molecular complexity index is 749. The highest BCUT2D eigenvalue weighted by Crippen LogP contribution is 2.33. The summed E-state index contributed by atoms with van der Waals surface area (Å²) in [5.74, 6) is 0.486. The Hall–Kier alpha value is -0.410. The second-order valence-corrected chi connectivity index (χ2v) is 12.2. The van der Waals surface area contributed by atoms with Gasteiger partial charge in [-0.3, -0.25) is 10.9 Å². The molecule has 6 unspecified atom stereocenters. The molecule has 0 aromatic rings. The van der Waals surface area contributed by atoms with Gasteiger partial charge in [-0.25, -0.2) is 23.2 Å². The topological polar surface area (TPSA) is 127 Å². The number of sulfonamides is 1. The second kappa shape index (κ2) is 10.7. The summed E-state index contributed by atoms with van der Waals surface area (Å²) < 4.78 is 40.2. The van der Waals surface area contributed by atoms with Crippen LogP contribution in [0, 0.1) is 11.8 Å². The van der Waals surface area contributed by atoms with Gasteiger partial charge in [0, 0.05) is 53.0 Å². The van der Waals surface area contributed by atoms with Gasteiger partial charge in [-0.1, -0.05) is 6.42 Å². The number of ether oxygens (including phenoxy) is 2. The molecule has 4 rings (SSSR count). The van der Waals surface area contributed by atoms with Crippen LogP contribution < -0.4 is 20.9 Å². The number of hydrogen-bond acceptors (Lipinski definition) is 10. The predicted octanol–water partition coefficient (Wildman–Crippen LogP) is -1.57. The van der Waals surface area contributed by atoms with Gasteiger partial charge in [0.05, 0.1) is 19.4 Å². The lowest BCUT2D eigenvalue weighted by Crippen LogP contribution is -2.58. The van der Waals surface area contributed by atoms with Crippen LogP contribution in [0.15, 0.2) is 0 Å². The van der Waals surface area contributed by atoms with Crippen molar-refractivity contribution in [3.8, 4) is 0 Å². The normalized spacial score (nSPS) is 36.8. The number of nitrogens with one attached hydrogen (secondary N) is 4. The van der Waals surface area contributed by atoms with E-state index in [-0.39, 0.29) is 37.4 Å². The molecule has 0 spiro atoms. The van der Waals surface area contributed by atoms with Gasteiger partial charge in [-0.2, -0.15) is 0 Å². The van der Waals surface area contributed by atoms with E-state index < -0.39 is 20.9 Å². The van der Waals surface area contributed by atoms with E-state index in [1.165, 1.54) is 0 Å². The third-order valence-corrected chi connectivity index (χ3v) is 9.84. The van der Waals surface area contributed by atoms with Crippen molar-refractivity contribution in [3.63, 3.8) is 0 Å². The minimum atomic E-state index is -3.48. The summed E-state index contributed by atoms with van der Waals surface area (Å²) in [4.78, 5) is 0. The summed E-state index contributed by atoms with van der Waals surface area (Å²) in [5.41, 5.74) is 5.60. The van der Waals surface area contributed by atoms with Crippen molar-refractivity contribution in [3.05, 3.63) is 0 Å². The molecule has 33 heavy (non-hydrogen) atoms. The van der Waals surface area contributed by atoms with Crippen LogP contribution in [0.3, 0.4) is 0 Å². The molecule has 1 aliphatic carbocycles. The molecule has 4 aliphatic rings. The van der Waals surface area contributed by atoms with Gasteiger partial charge >= 0.3 is 0 Å². The lowest BCUT2D eigenvalue weighted by atomic mass is 9.80. The molecule has 0 aromatic carbocycles. The van der Waals surface area contributed by atoms with Crippen LogP contribution in [-0.2, 0) is 19.5 Å². The zero-order valence-electron chi connectivity index (χ0n) is 20.1. The molecular formula is C21H42N6O5S. The van der Waals surface area contributed by atoms with E-state index in [2.05, 4.69) is 25.9 Å². The van der Waals surface area contributed by atoms with Crippen LogP contribution >= 0.6 is 0 Å². The molecule has 0 amide bonds. The Labute approximate surface area is 197 Å². The smallest absolute Gasteiger partial charge is 0.217 e. The summed E-state index contributed by atoms with van der Waals surface area (Å²) in [6.45, 7) is 2.86. The van der Waals surface area contributed by atoms with Crippen LogP contribution in [0.1, 0.15) is 32.1 Å². The molecule has 3 saturated heterocycles. The molecule has 0 aromatic heterocycles. The Morgan fingerprint density at radius 1 is 1.12 bits per heavy atom. The molecule has 0 bridgehead atoms. The fourth-order valence-electron chi connectivity index (χ4n) is 6.29. The maximum absolute atomic E-state index is 13.3. The number of nitrogens with zero attached hydrogens (tertiary/aromatic N) is 2. The Morgan fingerprint density at radius 2 is 1.88 bits per heavy atom. The number of piperidine rings is 1. The molecule has 5 N–H and O–H groups in total. The molecule has 0 radical (unpaired) electrons. The number of rotatable bonds is 9. The van der Waals surface area contributed by atoms with Crippen molar-refractivity contribution in [2.24, 2.45) is 11.8 Å². The Kier molecular flexibility index (Phi) is 8.32. The van der Waals surface area contributed by atoms with E-state index in [0.717, 1.165) is 38.8 Å². The fourth-order valence-corrected chi connectivity index (χ4v) is 7.81. The number of hydrazine groups is 2. The second-order valence-electron chi connectivity index (χ2n) is 10.2. The minimum Gasteiger partial charge on any atom is -0.385 e. The molecule has 3 heterocycles. The molecule has 192 valence electrons. The van der Waals surface area contributed by atoms with Crippen molar-refractivity contribution < 1.29 is 23.0 Å². The lowest BCUT2D eigenvalue weighted by molar-refractivity contribution is -0.128. The minimum absolute atomic E-state index is 0.0104. The molecule has 4 fully saturated rings. The zero-order valence-corrected chi connectivity index (χ0v) is 20.9. The largest absolute Gasteiger partial charge is 0.385 e. The van der Waals surface area contributed by atoms with Gasteiger partial charge in [0.1, 0.15) is 10.9 Å². The summed E-state index contributed by atoms with van der Waals surface area (Å²) in [6, 6.07) is 0.150. The number of methoxy groups -OCH3 is 2. The summed E-state index contributed by atoms with van der Waals surface area (Å²) in [6.07, 6.45) is 4.50. The van der Waals surface area contributed by atoms with Crippen LogP contribution in [0.25, 0.3) is 0 Å². The van der Waals surface area contributed by atoms with Crippen molar-refractivity contribution in [2.75, 3.05) is 60.7 Å². The van der Waals surface area contributed by atoms with Crippen LogP contribution in [0.2, 0.25) is 0 Å². The lowest BCUT2D eigenvalue weighted by Gasteiger charge is -2.42. The quantitative estimate of drug-likeness (QED) is 0.259. The maximum atomic E-state index is 13.3. The highest BCUT2D eigenvalue weighted by Gasteiger charge is 2.46. The summed E-state index contributed by atoms with van der Waals surface area (Å²) in [5, 5.41) is 18.2. The van der Waals surface area contributed by atoms with E-state index in [1.54, 1.807) is 14.2 Å². The van der Waals surface area contributed by atoms with Crippen molar-refractivity contribution in [1.29, 1.82) is 0 Å². The van der Waals surface area contributed by atoms with Crippen molar-refractivity contribution in [2.45, 2.75) is 61.2 Å². The Balaban J connectivity index is 1.36. The number of fused-ring (bicyclic) bond motifs is 1. The third-order valence-electron chi connectivity index (χ3n) is 8.02. The SMILES string of the molecule is COCC(O)(COC)C1CCNC(N2CC(S(=O)(=O)NC3CCCC4CNN(C)C43)CN2)C1. The van der Waals surface area contributed by atoms with Gasteiger partial charge in [-0.05, 0) is 44.1 Å². The molecule has 11 nitrogen and oxygen atoms in total. The van der Waals surface area contributed by atoms with Gasteiger partial charge in [-0.15, -0.1) is 0 Å². The van der Waals surface area contributed by atoms with Gasteiger partial charge in [0.2, 0.25) is 10.0 Å². The molecular weight excluding hydrogens is 448 g/mol. The molecule has 3 aliphatic heterocycles. The van der Waals surface area contributed by atoms with E-state index in [9.17, 15) is 13.5 Å². The van der Waals surface area contributed by atoms with E-state index in [4.69, 9.17) is 9.47 Å². The first kappa shape index (κ1) is 25.7. The van der Waals surface area contributed by atoms with Gasteiger partial charge in [0.15, 0.2) is 0 Å². The molecule has 1 saturated carbocycles. The van der Waals surface area contributed by atoms with E-state index in [1.807, 2.05) is 12.1 Å². The average molecular weight is 491 g/mol. The highest BCUT2D eigenvalue weighted by atomic mass is 32.2. The van der Waals surface area contributed by atoms with Crippen LogP contribution in [0.5, 0.6) is 0 Å². The van der Waals surface area contributed by atoms with Crippen LogP contribution in [-0.4, -0.2) is 113 Å². The van der Waals surface area contributed by atoms with E-state index >= 15 is 0 Å². The first-order valence-electron chi connectivity index (χ1n) is 12.2. The fraction of sp³-hybridized carbons (Fsp3) is 1.00. The summed E-state index contributed by atoms with van der Waals surface area (Å²) >= 11 is 0. The molecule has 6 atom stereocenters. The van der Waals surface area contributed by atoms with Gasteiger partial charge in [0.25, 0.3) is 0 Å². The first-order valence-corrected chi connectivity index (χ1v) is 13.7. The highest BCUT2D eigenvalue weighted by molar-refractivity contribution is 7.90. The van der Waals surface area contributed by atoms with Gasteiger partial charge < -0.3 is 19.9 Å². The monoisotopic (exact) mass is 490 g/mol. The maximum Gasteiger partial charge on any atom is 0.217 e. The zero-order chi connectivity index (χ0) is 23.6. The van der Waals surface area contributed by atoms with Crippen molar-refractivity contribution in [1.82, 2.24) is 30.9 Å². The summed E-state index contributed by atoms with van der Waals surface area (Å²) in [7, 11) is 1.69.